The zero-order chi connectivity index (χ0) is 12.6. The number of benzene rings is 1. The standard InChI is InChI=1S/C12H11NO4/c1-7(10(14)15)6-12(17)8-4-2-3-5-9(8)13-11(12)16/h2-5,17H,1,6H2,(H,13,16)(H,14,15). The number of carbonyl (C=O) groups excluding carboxylic acids is 1. The lowest BCUT2D eigenvalue weighted by Gasteiger charge is -2.20. The molecule has 1 atom stereocenters. The number of hydrogen-bond donors (Lipinski definition) is 3. The van der Waals surface area contributed by atoms with Gasteiger partial charge in [-0.2, -0.15) is 0 Å². The number of rotatable bonds is 3. The van der Waals surface area contributed by atoms with E-state index < -0.39 is 17.5 Å². The smallest absolute Gasteiger partial charge is 0.331 e. The van der Waals surface area contributed by atoms with Gasteiger partial charge in [-0.15, -0.1) is 0 Å². The van der Waals surface area contributed by atoms with Gasteiger partial charge in [0.25, 0.3) is 5.91 Å². The number of carboxylic acid groups (broad SMARTS) is 1. The van der Waals surface area contributed by atoms with Gasteiger partial charge in [-0.1, -0.05) is 24.8 Å². The average molecular weight is 233 g/mol. The molecule has 0 spiro atoms. The summed E-state index contributed by atoms with van der Waals surface area (Å²) in [4.78, 5) is 22.4. The molecule has 1 amide bonds. The van der Waals surface area contributed by atoms with Gasteiger partial charge in [-0.3, -0.25) is 4.79 Å². The maximum atomic E-state index is 11.7. The lowest BCUT2D eigenvalue weighted by atomic mass is 9.89. The first kappa shape index (κ1) is 11.3. The number of anilines is 1. The third-order valence-electron chi connectivity index (χ3n) is 2.77. The number of nitrogens with one attached hydrogen (secondary N) is 1. The summed E-state index contributed by atoms with van der Waals surface area (Å²) in [7, 11) is 0. The highest BCUT2D eigenvalue weighted by molar-refractivity contribution is 6.05. The predicted molar refractivity (Wildman–Crippen MR) is 60.4 cm³/mol. The number of fused-ring (bicyclic) bond motifs is 1. The van der Waals surface area contributed by atoms with Gasteiger partial charge in [0, 0.05) is 23.2 Å². The van der Waals surface area contributed by atoms with Crippen molar-refractivity contribution in [1.82, 2.24) is 0 Å². The van der Waals surface area contributed by atoms with Crippen LogP contribution in [-0.4, -0.2) is 22.1 Å². The van der Waals surface area contributed by atoms with Crippen LogP contribution in [0.15, 0.2) is 36.4 Å². The summed E-state index contributed by atoms with van der Waals surface area (Å²) >= 11 is 0. The summed E-state index contributed by atoms with van der Waals surface area (Å²) in [6, 6.07) is 6.63. The van der Waals surface area contributed by atoms with Gasteiger partial charge < -0.3 is 15.5 Å². The molecule has 1 aliphatic rings. The molecule has 0 aliphatic carbocycles. The number of hydrogen-bond acceptors (Lipinski definition) is 3. The summed E-state index contributed by atoms with van der Waals surface area (Å²) in [5, 5.41) is 21.6. The molecule has 5 nitrogen and oxygen atoms in total. The highest BCUT2D eigenvalue weighted by Gasteiger charge is 2.45. The monoisotopic (exact) mass is 233 g/mol. The van der Waals surface area contributed by atoms with Crippen LogP contribution in [0.3, 0.4) is 0 Å². The van der Waals surface area contributed by atoms with Crippen molar-refractivity contribution in [2.45, 2.75) is 12.0 Å². The number of aliphatic carboxylic acids is 1. The van der Waals surface area contributed by atoms with Gasteiger partial charge in [-0.05, 0) is 6.07 Å². The molecule has 1 aromatic carbocycles. The number of carbonyl (C=O) groups is 2. The molecule has 1 aliphatic heterocycles. The molecule has 1 unspecified atom stereocenters. The van der Waals surface area contributed by atoms with E-state index in [9.17, 15) is 14.7 Å². The Morgan fingerprint density at radius 1 is 1.41 bits per heavy atom. The fourth-order valence-electron chi connectivity index (χ4n) is 1.86. The molecule has 5 heteroatoms. The Labute approximate surface area is 97.4 Å². The lowest BCUT2D eigenvalue weighted by Crippen LogP contribution is -2.35. The van der Waals surface area contributed by atoms with Crippen LogP contribution < -0.4 is 5.32 Å². The molecule has 0 aromatic heterocycles. The van der Waals surface area contributed by atoms with Crippen molar-refractivity contribution in [2.24, 2.45) is 0 Å². The number of para-hydroxylation sites is 1. The van der Waals surface area contributed by atoms with Gasteiger partial charge >= 0.3 is 5.97 Å². The van der Waals surface area contributed by atoms with E-state index in [1.54, 1.807) is 24.3 Å². The number of amides is 1. The van der Waals surface area contributed by atoms with E-state index in [-0.39, 0.29) is 12.0 Å². The van der Waals surface area contributed by atoms with Gasteiger partial charge in [0.1, 0.15) is 0 Å². The molecule has 0 saturated carbocycles. The highest BCUT2D eigenvalue weighted by Crippen LogP contribution is 2.39. The van der Waals surface area contributed by atoms with Gasteiger partial charge in [0.15, 0.2) is 5.60 Å². The maximum Gasteiger partial charge on any atom is 0.331 e. The Morgan fingerprint density at radius 3 is 2.71 bits per heavy atom. The maximum absolute atomic E-state index is 11.7. The molecule has 1 aromatic rings. The molecular formula is C12H11NO4. The first-order chi connectivity index (χ1) is 7.95. The van der Waals surface area contributed by atoms with Crippen LogP contribution in [-0.2, 0) is 15.2 Å². The Hall–Kier alpha value is -2.14. The van der Waals surface area contributed by atoms with Crippen molar-refractivity contribution in [3.8, 4) is 0 Å². The zero-order valence-corrected chi connectivity index (χ0v) is 8.93. The molecule has 88 valence electrons. The van der Waals surface area contributed by atoms with E-state index in [0.717, 1.165) is 0 Å². The van der Waals surface area contributed by atoms with Crippen LogP contribution in [0.2, 0.25) is 0 Å². The molecule has 17 heavy (non-hydrogen) atoms. The van der Waals surface area contributed by atoms with Crippen molar-refractivity contribution in [1.29, 1.82) is 0 Å². The topological polar surface area (TPSA) is 86.6 Å². The lowest BCUT2D eigenvalue weighted by molar-refractivity contribution is -0.136. The van der Waals surface area contributed by atoms with Crippen LogP contribution in [0.5, 0.6) is 0 Å². The number of aliphatic hydroxyl groups is 1. The first-order valence-corrected chi connectivity index (χ1v) is 4.99. The minimum Gasteiger partial charge on any atom is -0.478 e. The van der Waals surface area contributed by atoms with Crippen molar-refractivity contribution >= 4 is 17.6 Å². The van der Waals surface area contributed by atoms with Crippen LogP contribution in [0.4, 0.5) is 5.69 Å². The molecule has 0 fully saturated rings. The van der Waals surface area contributed by atoms with Crippen molar-refractivity contribution < 1.29 is 19.8 Å². The summed E-state index contributed by atoms with van der Waals surface area (Å²) in [5.41, 5.74) is -1.17. The molecule has 2 rings (SSSR count). The SMILES string of the molecule is C=C(CC1(O)C(=O)Nc2ccccc21)C(=O)O. The second-order valence-electron chi connectivity index (χ2n) is 3.95. The Kier molecular flexibility index (Phi) is 2.48. The second-order valence-corrected chi connectivity index (χ2v) is 3.95. The van der Waals surface area contributed by atoms with Crippen LogP contribution >= 0.6 is 0 Å². The molecule has 0 saturated heterocycles. The second kappa shape index (κ2) is 3.71. The van der Waals surface area contributed by atoms with E-state index in [0.29, 0.717) is 11.3 Å². The van der Waals surface area contributed by atoms with Gasteiger partial charge in [-0.25, -0.2) is 4.79 Å². The summed E-state index contributed by atoms with van der Waals surface area (Å²) in [6.45, 7) is 3.33. The Balaban J connectivity index is 2.40. The predicted octanol–water partition coefficient (Wildman–Crippen LogP) is 0.857. The first-order valence-electron chi connectivity index (χ1n) is 4.99. The molecule has 3 N–H and O–H groups in total. The summed E-state index contributed by atoms with van der Waals surface area (Å²) in [5.74, 6) is -1.85. The largest absolute Gasteiger partial charge is 0.478 e. The summed E-state index contributed by atoms with van der Waals surface area (Å²) in [6.07, 6.45) is -0.328. The van der Waals surface area contributed by atoms with E-state index in [1.807, 2.05) is 0 Å². The van der Waals surface area contributed by atoms with Crippen LogP contribution in [0.1, 0.15) is 12.0 Å². The normalized spacial score (nSPS) is 21.8. The van der Waals surface area contributed by atoms with E-state index in [4.69, 9.17) is 5.11 Å². The van der Waals surface area contributed by atoms with Gasteiger partial charge in [0.05, 0.1) is 0 Å². The Morgan fingerprint density at radius 2 is 2.06 bits per heavy atom. The third kappa shape index (κ3) is 1.70. The average Bonchev–Trinajstić information content (AvgIpc) is 2.52. The molecular weight excluding hydrogens is 222 g/mol. The van der Waals surface area contributed by atoms with Crippen LogP contribution in [0.25, 0.3) is 0 Å². The zero-order valence-electron chi connectivity index (χ0n) is 8.93. The minimum absolute atomic E-state index is 0.209. The quantitative estimate of drug-likeness (QED) is 0.676. The van der Waals surface area contributed by atoms with Gasteiger partial charge in [0.2, 0.25) is 0 Å². The van der Waals surface area contributed by atoms with Crippen molar-refractivity contribution in [3.05, 3.63) is 42.0 Å². The van der Waals surface area contributed by atoms with Crippen LogP contribution in [0, 0.1) is 0 Å². The molecule has 1 heterocycles. The fourth-order valence-corrected chi connectivity index (χ4v) is 1.86. The third-order valence-corrected chi connectivity index (χ3v) is 2.77. The Bertz CT molecular complexity index is 523. The van der Waals surface area contributed by atoms with E-state index in [1.165, 1.54) is 0 Å². The van der Waals surface area contributed by atoms with E-state index in [2.05, 4.69) is 11.9 Å². The summed E-state index contributed by atoms with van der Waals surface area (Å²) < 4.78 is 0. The van der Waals surface area contributed by atoms with E-state index >= 15 is 0 Å². The highest BCUT2D eigenvalue weighted by atomic mass is 16.4. The van der Waals surface area contributed by atoms with Crippen molar-refractivity contribution in [2.75, 3.05) is 5.32 Å². The fraction of sp³-hybridized carbons (Fsp3) is 0.167. The molecule has 0 radical (unpaired) electrons. The van der Waals surface area contributed by atoms with Crippen molar-refractivity contribution in [3.63, 3.8) is 0 Å². The number of carboxylic acids is 1. The molecule has 0 bridgehead atoms. The minimum atomic E-state index is -1.84.